The summed E-state index contributed by atoms with van der Waals surface area (Å²) in [6, 6.07) is 0. The number of aliphatic hydroxyl groups excluding tert-OH is 1. The minimum Gasteiger partial charge on any atom is -0.390 e. The summed E-state index contributed by atoms with van der Waals surface area (Å²) in [4.78, 5) is 12.3. The number of ether oxygens (including phenoxy) is 1. The van der Waals surface area contributed by atoms with Gasteiger partial charge in [-0.05, 0) is 25.2 Å². The van der Waals surface area contributed by atoms with Crippen molar-refractivity contribution in [2.24, 2.45) is 5.92 Å². The number of anilines is 1. The van der Waals surface area contributed by atoms with Crippen molar-refractivity contribution in [3.63, 3.8) is 0 Å². The molecule has 4 rings (SSSR count). The monoisotopic (exact) mass is 295 g/mol. The Balaban J connectivity index is 1.73. The van der Waals surface area contributed by atoms with Crippen LogP contribution in [-0.4, -0.2) is 36.8 Å². The summed E-state index contributed by atoms with van der Waals surface area (Å²) < 4.78 is 7.78. The van der Waals surface area contributed by atoms with E-state index in [1.165, 1.54) is 0 Å². The number of imidazole rings is 1. The number of nitrogens with two attached hydrogens (primary N) is 1. The van der Waals surface area contributed by atoms with E-state index in [0.29, 0.717) is 17.1 Å². The molecular weight excluding hydrogens is 282 g/mol. The fourth-order valence-electron chi connectivity index (χ4n) is 3.26. The van der Waals surface area contributed by atoms with Crippen LogP contribution in [0.4, 0.5) is 5.95 Å². The Kier molecular flexibility index (Phi) is 2.63. The standard InChI is InChI=1S/C12H14ClN5O2/c13-10-8-11(17-12(14)16-10)18(4-15-8)7-3-5-1-2-6(19)9(5)20-7/h4-7,9,19H,1-3H2,(H2,14,16,17)/t5-,6-,7-,9+/m1/s1. The third kappa shape index (κ3) is 1.70. The van der Waals surface area contributed by atoms with Crippen LogP contribution < -0.4 is 5.73 Å². The van der Waals surface area contributed by atoms with Crippen LogP contribution in [0.1, 0.15) is 25.5 Å². The summed E-state index contributed by atoms with van der Waals surface area (Å²) in [5.74, 6) is 0.504. The highest BCUT2D eigenvalue weighted by molar-refractivity contribution is 6.33. The summed E-state index contributed by atoms with van der Waals surface area (Å²) >= 11 is 6.01. The molecular formula is C12H14ClN5O2. The molecule has 4 atom stereocenters. The molecule has 0 bridgehead atoms. The molecule has 1 aliphatic heterocycles. The first kappa shape index (κ1) is 12.3. The van der Waals surface area contributed by atoms with Gasteiger partial charge in [0.2, 0.25) is 5.95 Å². The lowest BCUT2D eigenvalue weighted by Crippen LogP contribution is -2.23. The highest BCUT2D eigenvalue weighted by Crippen LogP contribution is 2.43. The maximum atomic E-state index is 9.90. The van der Waals surface area contributed by atoms with Gasteiger partial charge < -0.3 is 15.6 Å². The molecule has 2 aliphatic rings. The molecule has 20 heavy (non-hydrogen) atoms. The van der Waals surface area contributed by atoms with Crippen molar-refractivity contribution in [1.82, 2.24) is 19.5 Å². The zero-order chi connectivity index (χ0) is 13.9. The third-order valence-electron chi connectivity index (χ3n) is 4.20. The van der Waals surface area contributed by atoms with E-state index in [2.05, 4.69) is 15.0 Å². The number of aromatic nitrogens is 4. The Bertz CT molecular complexity index is 675. The van der Waals surface area contributed by atoms with Crippen LogP contribution in [-0.2, 0) is 4.74 Å². The Morgan fingerprint density at radius 1 is 1.40 bits per heavy atom. The maximum absolute atomic E-state index is 9.90. The molecule has 7 nitrogen and oxygen atoms in total. The number of halogens is 1. The van der Waals surface area contributed by atoms with E-state index in [1.807, 2.05) is 4.57 Å². The molecule has 3 N–H and O–H groups in total. The molecule has 0 aromatic carbocycles. The number of aliphatic hydroxyl groups is 1. The second kappa shape index (κ2) is 4.28. The van der Waals surface area contributed by atoms with Crippen molar-refractivity contribution in [3.05, 3.63) is 11.5 Å². The molecule has 1 saturated heterocycles. The van der Waals surface area contributed by atoms with Gasteiger partial charge in [0.05, 0.1) is 18.5 Å². The van der Waals surface area contributed by atoms with Crippen LogP contribution in [0.25, 0.3) is 11.2 Å². The predicted molar refractivity (Wildman–Crippen MR) is 72.0 cm³/mol. The van der Waals surface area contributed by atoms with Crippen LogP contribution in [0.15, 0.2) is 6.33 Å². The molecule has 0 spiro atoms. The lowest BCUT2D eigenvalue weighted by atomic mass is 10.0. The highest BCUT2D eigenvalue weighted by atomic mass is 35.5. The van der Waals surface area contributed by atoms with Gasteiger partial charge in [0.25, 0.3) is 0 Å². The van der Waals surface area contributed by atoms with Crippen LogP contribution in [0.2, 0.25) is 5.15 Å². The Hall–Kier alpha value is -1.44. The lowest BCUT2D eigenvalue weighted by Gasteiger charge is -2.16. The topological polar surface area (TPSA) is 99.1 Å². The summed E-state index contributed by atoms with van der Waals surface area (Å²) in [7, 11) is 0. The maximum Gasteiger partial charge on any atom is 0.223 e. The van der Waals surface area contributed by atoms with E-state index in [1.54, 1.807) is 6.33 Å². The summed E-state index contributed by atoms with van der Waals surface area (Å²) in [6.07, 6.45) is 3.64. The molecule has 0 amide bonds. The van der Waals surface area contributed by atoms with E-state index in [-0.39, 0.29) is 29.5 Å². The number of fused-ring (bicyclic) bond motifs is 2. The predicted octanol–water partition coefficient (Wildman–Crippen LogP) is 1.12. The molecule has 3 heterocycles. The average molecular weight is 296 g/mol. The zero-order valence-corrected chi connectivity index (χ0v) is 11.4. The number of hydrogen-bond donors (Lipinski definition) is 2. The van der Waals surface area contributed by atoms with Gasteiger partial charge in [-0.2, -0.15) is 9.97 Å². The van der Waals surface area contributed by atoms with Crippen molar-refractivity contribution in [1.29, 1.82) is 0 Å². The number of hydrogen-bond acceptors (Lipinski definition) is 6. The van der Waals surface area contributed by atoms with E-state index < -0.39 is 0 Å². The van der Waals surface area contributed by atoms with Crippen LogP contribution in [0, 0.1) is 5.92 Å². The SMILES string of the molecule is Nc1nc(Cl)c2ncn([C@H]3C[C@H]4CC[C@@H](O)[C@H]4O3)c2n1. The second-order valence-electron chi connectivity index (χ2n) is 5.39. The smallest absolute Gasteiger partial charge is 0.223 e. The van der Waals surface area contributed by atoms with Gasteiger partial charge in [-0.1, -0.05) is 11.6 Å². The van der Waals surface area contributed by atoms with Gasteiger partial charge in [-0.25, -0.2) is 4.98 Å². The minimum atomic E-state index is -0.372. The Morgan fingerprint density at radius 2 is 2.25 bits per heavy atom. The highest BCUT2D eigenvalue weighted by Gasteiger charge is 2.44. The Morgan fingerprint density at radius 3 is 3.05 bits per heavy atom. The molecule has 1 aliphatic carbocycles. The van der Waals surface area contributed by atoms with Gasteiger partial charge in [-0.3, -0.25) is 4.57 Å². The van der Waals surface area contributed by atoms with E-state index in [0.717, 1.165) is 19.3 Å². The fraction of sp³-hybridized carbons (Fsp3) is 0.583. The van der Waals surface area contributed by atoms with Crippen molar-refractivity contribution in [3.8, 4) is 0 Å². The molecule has 8 heteroatoms. The van der Waals surface area contributed by atoms with E-state index in [9.17, 15) is 5.11 Å². The van der Waals surface area contributed by atoms with Crippen molar-refractivity contribution < 1.29 is 9.84 Å². The Labute approximate surface area is 119 Å². The van der Waals surface area contributed by atoms with Crippen molar-refractivity contribution in [2.75, 3.05) is 5.73 Å². The first-order chi connectivity index (χ1) is 9.63. The van der Waals surface area contributed by atoms with Gasteiger partial charge >= 0.3 is 0 Å². The molecule has 2 aromatic heterocycles. The van der Waals surface area contributed by atoms with Crippen LogP contribution in [0.5, 0.6) is 0 Å². The summed E-state index contributed by atoms with van der Waals surface area (Å²) in [5.41, 5.74) is 6.72. The normalized spacial score (nSPS) is 32.9. The molecule has 0 unspecified atom stereocenters. The van der Waals surface area contributed by atoms with Gasteiger partial charge in [0.1, 0.15) is 11.7 Å². The number of rotatable bonds is 1. The second-order valence-corrected chi connectivity index (χ2v) is 5.75. The quantitative estimate of drug-likeness (QED) is 0.765. The van der Waals surface area contributed by atoms with Gasteiger partial charge in [0, 0.05) is 0 Å². The van der Waals surface area contributed by atoms with E-state index in [4.69, 9.17) is 22.1 Å². The van der Waals surface area contributed by atoms with Crippen LogP contribution >= 0.6 is 11.6 Å². The third-order valence-corrected chi connectivity index (χ3v) is 4.47. The molecule has 0 radical (unpaired) electrons. The van der Waals surface area contributed by atoms with Crippen molar-refractivity contribution >= 4 is 28.7 Å². The van der Waals surface area contributed by atoms with Gasteiger partial charge in [0.15, 0.2) is 10.8 Å². The fourth-order valence-corrected chi connectivity index (χ4v) is 3.48. The van der Waals surface area contributed by atoms with Gasteiger partial charge in [-0.15, -0.1) is 0 Å². The van der Waals surface area contributed by atoms with Crippen LogP contribution in [0.3, 0.4) is 0 Å². The molecule has 1 saturated carbocycles. The number of nitrogen functional groups attached to an aromatic ring is 1. The number of nitrogens with zero attached hydrogens (tertiary/aromatic N) is 4. The zero-order valence-electron chi connectivity index (χ0n) is 10.6. The minimum absolute atomic E-state index is 0.0906. The lowest BCUT2D eigenvalue weighted by molar-refractivity contribution is -0.0525. The summed E-state index contributed by atoms with van der Waals surface area (Å²) in [5, 5.41) is 10.1. The first-order valence-electron chi connectivity index (χ1n) is 6.62. The van der Waals surface area contributed by atoms with E-state index >= 15 is 0 Å². The molecule has 106 valence electrons. The summed E-state index contributed by atoms with van der Waals surface area (Å²) in [6.45, 7) is 0. The largest absolute Gasteiger partial charge is 0.390 e. The average Bonchev–Trinajstić information content (AvgIpc) is 3.05. The van der Waals surface area contributed by atoms with Crippen molar-refractivity contribution in [2.45, 2.75) is 37.7 Å². The molecule has 2 fully saturated rings. The molecule has 2 aromatic rings. The first-order valence-corrected chi connectivity index (χ1v) is 7.00.